The van der Waals surface area contributed by atoms with Crippen LogP contribution in [0.2, 0.25) is 0 Å². The van der Waals surface area contributed by atoms with E-state index in [-0.39, 0.29) is 5.56 Å². The maximum absolute atomic E-state index is 12.4. The second-order valence-corrected chi connectivity index (χ2v) is 5.49. The van der Waals surface area contributed by atoms with E-state index in [2.05, 4.69) is 4.98 Å². The number of hydrogen-bond donors (Lipinski definition) is 1. The van der Waals surface area contributed by atoms with E-state index >= 15 is 0 Å². The molecule has 2 aromatic heterocycles. The number of methoxy groups -OCH3 is 1. The molecule has 4 nitrogen and oxygen atoms in total. The molecular weight excluding hydrogens is 314 g/mol. The van der Waals surface area contributed by atoms with Crippen LogP contribution in [0.3, 0.4) is 0 Å². The lowest BCUT2D eigenvalue weighted by Gasteiger charge is -2.08. The summed E-state index contributed by atoms with van der Waals surface area (Å²) in [6.07, 6.45) is 0. The summed E-state index contributed by atoms with van der Waals surface area (Å²) in [6, 6.07) is 15.3. The van der Waals surface area contributed by atoms with Crippen molar-refractivity contribution in [2.45, 2.75) is 20.8 Å². The average molecular weight is 335 g/mol. The first-order valence-corrected chi connectivity index (χ1v) is 8.37. The van der Waals surface area contributed by atoms with Crippen LogP contribution in [0.15, 0.2) is 57.7 Å². The molecule has 2 aromatic carbocycles. The Morgan fingerprint density at radius 3 is 2.56 bits per heavy atom. The number of benzene rings is 2. The number of H-pyrrole nitrogens is 1. The molecule has 1 N–H and O–H groups in total. The van der Waals surface area contributed by atoms with Crippen molar-refractivity contribution in [2.24, 2.45) is 0 Å². The van der Waals surface area contributed by atoms with Gasteiger partial charge in [0, 0.05) is 16.5 Å². The minimum atomic E-state index is -0.109. The van der Waals surface area contributed by atoms with Crippen molar-refractivity contribution >= 4 is 22.1 Å². The van der Waals surface area contributed by atoms with Crippen molar-refractivity contribution in [2.75, 3.05) is 7.11 Å². The fourth-order valence-electron chi connectivity index (χ4n) is 2.96. The average Bonchev–Trinajstić information content (AvgIpc) is 3.02. The molecule has 0 radical (unpaired) electrons. The molecule has 25 heavy (non-hydrogen) atoms. The van der Waals surface area contributed by atoms with E-state index in [1.165, 1.54) is 0 Å². The molecule has 4 heteroatoms. The molecule has 4 aromatic rings. The maximum atomic E-state index is 12.4. The zero-order valence-corrected chi connectivity index (χ0v) is 14.8. The smallest absolute Gasteiger partial charge is 0.252 e. The van der Waals surface area contributed by atoms with E-state index < -0.39 is 0 Å². The summed E-state index contributed by atoms with van der Waals surface area (Å²) < 4.78 is 11.3. The number of furan rings is 1. The largest absolute Gasteiger partial charge is 0.497 e. The Kier molecular flexibility index (Phi) is 4.61. The van der Waals surface area contributed by atoms with Crippen LogP contribution < -0.4 is 10.3 Å². The van der Waals surface area contributed by atoms with E-state index in [1.54, 1.807) is 14.0 Å². The SMILES string of the molecule is CC.COc1cccc(-c2c(C)c(=O)[nH]c3c2oc2ccccc23)c1. The highest BCUT2D eigenvalue weighted by molar-refractivity contribution is 6.07. The van der Waals surface area contributed by atoms with Crippen molar-refractivity contribution in [3.63, 3.8) is 0 Å². The lowest BCUT2D eigenvalue weighted by atomic mass is 10.0. The maximum Gasteiger partial charge on any atom is 0.252 e. The summed E-state index contributed by atoms with van der Waals surface area (Å²) in [5.41, 5.74) is 4.40. The number of ether oxygens (including phenoxy) is 1. The van der Waals surface area contributed by atoms with Crippen molar-refractivity contribution in [1.82, 2.24) is 4.98 Å². The molecule has 0 aliphatic heterocycles. The van der Waals surface area contributed by atoms with Crippen molar-refractivity contribution in [3.05, 3.63) is 64.4 Å². The molecular formula is C21H21NO3. The van der Waals surface area contributed by atoms with Crippen LogP contribution in [0, 0.1) is 6.92 Å². The third-order valence-corrected chi connectivity index (χ3v) is 4.14. The van der Waals surface area contributed by atoms with Crippen LogP contribution in [0.4, 0.5) is 0 Å². The van der Waals surface area contributed by atoms with Crippen LogP contribution in [0.1, 0.15) is 19.4 Å². The Morgan fingerprint density at radius 1 is 1.04 bits per heavy atom. The van der Waals surface area contributed by atoms with Crippen LogP contribution in [-0.2, 0) is 0 Å². The summed E-state index contributed by atoms with van der Waals surface area (Å²) >= 11 is 0. The highest BCUT2D eigenvalue weighted by atomic mass is 16.5. The van der Waals surface area contributed by atoms with E-state index in [9.17, 15) is 4.79 Å². The Hall–Kier alpha value is -3.01. The number of hydrogen-bond acceptors (Lipinski definition) is 3. The van der Waals surface area contributed by atoms with Gasteiger partial charge in [-0.3, -0.25) is 4.79 Å². The molecule has 0 amide bonds. The van der Waals surface area contributed by atoms with Crippen LogP contribution >= 0.6 is 0 Å². The van der Waals surface area contributed by atoms with Gasteiger partial charge in [-0.25, -0.2) is 0 Å². The third-order valence-electron chi connectivity index (χ3n) is 4.14. The Labute approximate surface area is 146 Å². The molecule has 0 unspecified atom stereocenters. The monoisotopic (exact) mass is 335 g/mol. The highest BCUT2D eigenvalue weighted by Crippen LogP contribution is 2.36. The van der Waals surface area contributed by atoms with Gasteiger partial charge in [0.2, 0.25) is 0 Å². The minimum absolute atomic E-state index is 0.109. The van der Waals surface area contributed by atoms with Crippen molar-refractivity contribution in [1.29, 1.82) is 0 Å². The Bertz CT molecular complexity index is 1090. The fraction of sp³-hybridized carbons (Fsp3) is 0.190. The van der Waals surface area contributed by atoms with Gasteiger partial charge in [-0.2, -0.15) is 0 Å². The summed E-state index contributed by atoms with van der Waals surface area (Å²) in [6.45, 7) is 5.81. The van der Waals surface area contributed by atoms with Gasteiger partial charge in [-0.05, 0) is 36.8 Å². The number of rotatable bonds is 2. The number of aromatic amines is 1. The number of aromatic nitrogens is 1. The summed E-state index contributed by atoms with van der Waals surface area (Å²) in [5, 5.41) is 0.906. The lowest BCUT2D eigenvalue weighted by molar-refractivity contribution is 0.415. The van der Waals surface area contributed by atoms with E-state index in [0.717, 1.165) is 33.4 Å². The van der Waals surface area contributed by atoms with Crippen LogP contribution in [0.25, 0.3) is 33.2 Å². The summed E-state index contributed by atoms with van der Waals surface area (Å²) in [4.78, 5) is 15.3. The standard InChI is InChI=1S/C19H15NO3.C2H6/c1-11-16(12-6-5-7-13(10-12)22-2)18-17(20-19(11)21)14-8-3-4-9-15(14)23-18;1-2/h3-10H,1-2H3,(H,20,21);1-2H3. The van der Waals surface area contributed by atoms with Gasteiger partial charge in [0.1, 0.15) is 11.3 Å². The summed E-state index contributed by atoms with van der Waals surface area (Å²) in [7, 11) is 1.63. The Morgan fingerprint density at radius 2 is 1.80 bits per heavy atom. The van der Waals surface area contributed by atoms with Gasteiger partial charge < -0.3 is 14.1 Å². The molecule has 0 saturated carbocycles. The fourth-order valence-corrected chi connectivity index (χ4v) is 2.96. The molecule has 0 bridgehead atoms. The lowest BCUT2D eigenvalue weighted by Crippen LogP contribution is -2.10. The first-order chi connectivity index (χ1) is 12.2. The van der Waals surface area contributed by atoms with Gasteiger partial charge >= 0.3 is 0 Å². The highest BCUT2D eigenvalue weighted by Gasteiger charge is 2.17. The summed E-state index contributed by atoms with van der Waals surface area (Å²) in [5.74, 6) is 0.742. The van der Waals surface area contributed by atoms with E-state index in [1.807, 2.05) is 62.4 Å². The van der Waals surface area contributed by atoms with E-state index in [0.29, 0.717) is 11.1 Å². The predicted molar refractivity (Wildman–Crippen MR) is 102 cm³/mol. The van der Waals surface area contributed by atoms with Gasteiger partial charge in [-0.15, -0.1) is 0 Å². The van der Waals surface area contributed by atoms with Gasteiger partial charge in [0.25, 0.3) is 5.56 Å². The van der Waals surface area contributed by atoms with E-state index in [4.69, 9.17) is 9.15 Å². The second-order valence-electron chi connectivity index (χ2n) is 5.49. The topological polar surface area (TPSA) is 55.2 Å². The molecule has 0 fully saturated rings. The quantitative estimate of drug-likeness (QED) is 0.542. The first-order valence-electron chi connectivity index (χ1n) is 8.37. The number of fused-ring (bicyclic) bond motifs is 3. The number of nitrogens with one attached hydrogen (secondary N) is 1. The molecule has 0 aliphatic rings. The van der Waals surface area contributed by atoms with Crippen molar-refractivity contribution < 1.29 is 9.15 Å². The Balaban J connectivity index is 0.000000880. The number of para-hydroxylation sites is 1. The zero-order valence-electron chi connectivity index (χ0n) is 14.8. The molecule has 128 valence electrons. The molecule has 0 atom stereocenters. The molecule has 0 spiro atoms. The second kappa shape index (κ2) is 6.85. The van der Waals surface area contributed by atoms with Gasteiger partial charge in [0.05, 0.1) is 12.6 Å². The molecule has 0 saturated heterocycles. The van der Waals surface area contributed by atoms with Gasteiger partial charge in [-0.1, -0.05) is 38.1 Å². The minimum Gasteiger partial charge on any atom is -0.497 e. The number of pyridine rings is 1. The zero-order chi connectivity index (χ0) is 18.0. The normalized spacial score (nSPS) is 10.6. The molecule has 4 rings (SSSR count). The molecule has 2 heterocycles. The van der Waals surface area contributed by atoms with Crippen LogP contribution in [-0.4, -0.2) is 12.1 Å². The predicted octanol–water partition coefficient (Wildman–Crippen LogP) is 5.28. The first kappa shape index (κ1) is 16.8. The molecule has 0 aliphatic carbocycles. The third kappa shape index (κ3) is 2.80. The van der Waals surface area contributed by atoms with Gasteiger partial charge in [0.15, 0.2) is 5.58 Å². The van der Waals surface area contributed by atoms with Crippen molar-refractivity contribution in [3.8, 4) is 16.9 Å². The van der Waals surface area contributed by atoms with Crippen LogP contribution in [0.5, 0.6) is 5.75 Å².